The molecule has 0 fully saturated rings. The molecule has 1 aromatic carbocycles. The monoisotopic (exact) mass is 264 g/mol. The van der Waals surface area contributed by atoms with Crippen molar-refractivity contribution in [3.05, 3.63) is 35.9 Å². The van der Waals surface area contributed by atoms with Crippen LogP contribution >= 0.6 is 0 Å². The number of likely N-dealkylation sites (N-methyl/N-ethyl adjacent to an activating group) is 1. The van der Waals surface area contributed by atoms with Crippen LogP contribution in [-0.4, -0.2) is 41.1 Å². The van der Waals surface area contributed by atoms with Crippen molar-refractivity contribution in [2.24, 2.45) is 0 Å². The Morgan fingerprint density at radius 3 is 2.32 bits per heavy atom. The third kappa shape index (κ3) is 4.62. The van der Waals surface area contributed by atoms with Crippen molar-refractivity contribution in [3.8, 4) is 0 Å². The molecule has 0 unspecified atom stereocenters. The van der Waals surface area contributed by atoms with Gasteiger partial charge in [-0.2, -0.15) is 0 Å². The fraction of sp³-hybridized carbons (Fsp3) is 0.429. The molecule has 0 aromatic heterocycles. The van der Waals surface area contributed by atoms with Crippen molar-refractivity contribution in [2.45, 2.75) is 32.4 Å². The molecule has 0 aliphatic rings. The molecule has 1 atom stereocenters. The summed E-state index contributed by atoms with van der Waals surface area (Å²) in [6, 6.07) is 8.63. The molecule has 0 saturated carbocycles. The van der Waals surface area contributed by atoms with Gasteiger partial charge in [0.2, 0.25) is 5.91 Å². The molecular formula is C14H20N2O3. The highest BCUT2D eigenvalue weighted by Crippen LogP contribution is 2.07. The van der Waals surface area contributed by atoms with Crippen molar-refractivity contribution in [3.63, 3.8) is 0 Å². The molecule has 0 aliphatic heterocycles. The number of carboxylic acid groups (broad SMARTS) is 1. The Bertz CT molecular complexity index is 432. The number of carbonyl (C=O) groups is 2. The SMILES string of the molecule is CC(C)N(C)C(=O)[C@H](Cc1ccccc1)NC(=O)O. The van der Waals surface area contributed by atoms with E-state index in [9.17, 15) is 9.59 Å². The molecule has 104 valence electrons. The smallest absolute Gasteiger partial charge is 0.405 e. The third-order valence-electron chi connectivity index (χ3n) is 3.00. The van der Waals surface area contributed by atoms with E-state index in [4.69, 9.17) is 5.11 Å². The summed E-state index contributed by atoms with van der Waals surface area (Å²) in [6.45, 7) is 3.77. The number of nitrogens with one attached hydrogen (secondary N) is 1. The molecule has 19 heavy (non-hydrogen) atoms. The quantitative estimate of drug-likeness (QED) is 0.851. The van der Waals surface area contributed by atoms with Gasteiger partial charge in [0.15, 0.2) is 0 Å². The summed E-state index contributed by atoms with van der Waals surface area (Å²) >= 11 is 0. The van der Waals surface area contributed by atoms with Crippen LogP contribution in [0.2, 0.25) is 0 Å². The lowest BCUT2D eigenvalue weighted by Crippen LogP contribution is -2.50. The number of hydrogen-bond acceptors (Lipinski definition) is 2. The molecule has 5 nitrogen and oxygen atoms in total. The van der Waals surface area contributed by atoms with Gasteiger partial charge in [-0.05, 0) is 19.4 Å². The lowest BCUT2D eigenvalue weighted by Gasteiger charge is -2.26. The lowest BCUT2D eigenvalue weighted by molar-refractivity contribution is -0.133. The molecule has 0 heterocycles. The summed E-state index contributed by atoms with van der Waals surface area (Å²) in [5.74, 6) is -0.221. The Labute approximate surface area is 113 Å². The van der Waals surface area contributed by atoms with Gasteiger partial charge in [-0.25, -0.2) is 4.79 Å². The molecule has 0 spiro atoms. The Kier molecular flexibility index (Phi) is 5.36. The molecule has 1 rings (SSSR count). The summed E-state index contributed by atoms with van der Waals surface area (Å²) in [7, 11) is 1.68. The number of carbonyl (C=O) groups excluding carboxylic acids is 1. The van der Waals surface area contributed by atoms with Crippen LogP contribution in [0.1, 0.15) is 19.4 Å². The van der Waals surface area contributed by atoms with E-state index in [1.165, 1.54) is 0 Å². The van der Waals surface area contributed by atoms with Gasteiger partial charge in [0.1, 0.15) is 6.04 Å². The van der Waals surface area contributed by atoms with E-state index in [1.807, 2.05) is 44.2 Å². The molecule has 2 amide bonds. The van der Waals surface area contributed by atoms with E-state index < -0.39 is 12.1 Å². The zero-order valence-electron chi connectivity index (χ0n) is 11.5. The fourth-order valence-corrected chi connectivity index (χ4v) is 1.70. The van der Waals surface area contributed by atoms with Crippen LogP contribution in [0.3, 0.4) is 0 Å². The van der Waals surface area contributed by atoms with Crippen LogP contribution in [0.5, 0.6) is 0 Å². The zero-order chi connectivity index (χ0) is 14.4. The van der Waals surface area contributed by atoms with Crippen molar-refractivity contribution >= 4 is 12.0 Å². The molecule has 0 bridgehead atoms. The predicted octanol–water partition coefficient (Wildman–Crippen LogP) is 1.73. The number of hydrogen-bond donors (Lipinski definition) is 2. The first-order valence-corrected chi connectivity index (χ1v) is 6.22. The van der Waals surface area contributed by atoms with Crippen LogP contribution in [0.15, 0.2) is 30.3 Å². The first kappa shape index (κ1) is 15.0. The van der Waals surface area contributed by atoms with E-state index in [0.717, 1.165) is 5.56 Å². The molecule has 5 heteroatoms. The minimum absolute atomic E-state index is 0.0290. The largest absolute Gasteiger partial charge is 0.465 e. The van der Waals surface area contributed by atoms with Gasteiger partial charge in [0, 0.05) is 19.5 Å². The Balaban J connectivity index is 2.83. The summed E-state index contributed by atoms with van der Waals surface area (Å²) in [4.78, 5) is 24.6. The highest BCUT2D eigenvalue weighted by atomic mass is 16.4. The normalized spacial score (nSPS) is 12.0. The molecule has 0 radical (unpaired) electrons. The third-order valence-corrected chi connectivity index (χ3v) is 3.00. The average molecular weight is 264 g/mol. The van der Waals surface area contributed by atoms with Gasteiger partial charge < -0.3 is 15.3 Å². The van der Waals surface area contributed by atoms with Crippen LogP contribution in [-0.2, 0) is 11.2 Å². The van der Waals surface area contributed by atoms with Crippen molar-refractivity contribution in [1.82, 2.24) is 10.2 Å². The second kappa shape index (κ2) is 6.78. The molecule has 2 N–H and O–H groups in total. The number of rotatable bonds is 5. The van der Waals surface area contributed by atoms with E-state index in [0.29, 0.717) is 6.42 Å². The van der Waals surface area contributed by atoms with Gasteiger partial charge in [0.25, 0.3) is 0 Å². The van der Waals surface area contributed by atoms with Crippen LogP contribution < -0.4 is 5.32 Å². The summed E-state index contributed by atoms with van der Waals surface area (Å²) < 4.78 is 0. The average Bonchev–Trinajstić information content (AvgIpc) is 2.36. The first-order valence-electron chi connectivity index (χ1n) is 6.22. The maximum absolute atomic E-state index is 12.2. The lowest BCUT2D eigenvalue weighted by atomic mass is 10.0. The van der Waals surface area contributed by atoms with Gasteiger partial charge in [-0.1, -0.05) is 30.3 Å². The van der Waals surface area contributed by atoms with Crippen molar-refractivity contribution in [2.75, 3.05) is 7.05 Å². The van der Waals surface area contributed by atoms with Crippen LogP contribution in [0.25, 0.3) is 0 Å². The van der Waals surface area contributed by atoms with Gasteiger partial charge >= 0.3 is 6.09 Å². The first-order chi connectivity index (χ1) is 8.91. The van der Waals surface area contributed by atoms with Crippen LogP contribution in [0, 0.1) is 0 Å². The molecule has 0 aliphatic carbocycles. The Hall–Kier alpha value is -2.04. The maximum Gasteiger partial charge on any atom is 0.405 e. The van der Waals surface area contributed by atoms with Crippen molar-refractivity contribution in [1.29, 1.82) is 0 Å². The predicted molar refractivity (Wildman–Crippen MR) is 73.0 cm³/mol. The Morgan fingerprint density at radius 1 is 1.26 bits per heavy atom. The number of amides is 2. The van der Waals surface area contributed by atoms with E-state index in [-0.39, 0.29) is 11.9 Å². The fourth-order valence-electron chi connectivity index (χ4n) is 1.70. The second-order valence-corrected chi connectivity index (χ2v) is 4.73. The topological polar surface area (TPSA) is 69.6 Å². The van der Waals surface area contributed by atoms with Gasteiger partial charge in [-0.15, -0.1) is 0 Å². The second-order valence-electron chi connectivity index (χ2n) is 4.73. The summed E-state index contributed by atoms with van der Waals surface area (Å²) in [6.07, 6.45) is -0.838. The highest BCUT2D eigenvalue weighted by molar-refractivity contribution is 5.85. The molecular weight excluding hydrogens is 244 g/mol. The summed E-state index contributed by atoms with van der Waals surface area (Å²) in [5.41, 5.74) is 0.923. The van der Waals surface area contributed by atoms with E-state index in [1.54, 1.807) is 11.9 Å². The Morgan fingerprint density at radius 2 is 1.84 bits per heavy atom. The number of benzene rings is 1. The van der Waals surface area contributed by atoms with Gasteiger partial charge in [-0.3, -0.25) is 4.79 Å². The highest BCUT2D eigenvalue weighted by Gasteiger charge is 2.25. The summed E-state index contributed by atoms with van der Waals surface area (Å²) in [5, 5.41) is 11.1. The molecule has 1 aromatic rings. The maximum atomic E-state index is 12.2. The zero-order valence-corrected chi connectivity index (χ0v) is 11.5. The van der Waals surface area contributed by atoms with Crippen molar-refractivity contribution < 1.29 is 14.7 Å². The number of nitrogens with zero attached hydrogens (tertiary/aromatic N) is 1. The van der Waals surface area contributed by atoms with E-state index >= 15 is 0 Å². The molecule has 0 saturated heterocycles. The minimum atomic E-state index is -1.19. The minimum Gasteiger partial charge on any atom is -0.465 e. The van der Waals surface area contributed by atoms with Gasteiger partial charge in [0.05, 0.1) is 0 Å². The van der Waals surface area contributed by atoms with E-state index in [2.05, 4.69) is 5.32 Å². The van der Waals surface area contributed by atoms with Crippen LogP contribution in [0.4, 0.5) is 4.79 Å². The standard InChI is InChI=1S/C14H20N2O3/c1-10(2)16(3)13(17)12(15-14(18)19)9-11-7-5-4-6-8-11/h4-8,10,12,15H,9H2,1-3H3,(H,18,19)/t12-/m0/s1.